The molecule has 1 amide bonds. The van der Waals surface area contributed by atoms with Gasteiger partial charge >= 0.3 is 5.69 Å². The van der Waals surface area contributed by atoms with E-state index in [1.165, 1.54) is 41.4 Å². The van der Waals surface area contributed by atoms with Crippen molar-refractivity contribution >= 4 is 39.0 Å². The lowest BCUT2D eigenvalue weighted by molar-refractivity contribution is -0.115. The molecule has 0 atom stereocenters. The average molecular weight is 497 g/mol. The topological polar surface area (TPSA) is 102 Å². The highest BCUT2D eigenvalue weighted by molar-refractivity contribution is 7.14. The first-order valence-corrected chi connectivity index (χ1v) is 12.0. The molecule has 0 radical (unpaired) electrons. The maximum absolute atomic E-state index is 14.7. The van der Waals surface area contributed by atoms with Gasteiger partial charge in [-0.3, -0.25) is 23.7 Å². The van der Waals surface area contributed by atoms with Gasteiger partial charge in [-0.05, 0) is 31.5 Å². The van der Waals surface area contributed by atoms with Gasteiger partial charge in [0.05, 0.1) is 34.9 Å². The zero-order chi connectivity index (χ0) is 25.3. The first-order valence-electron chi connectivity index (χ1n) is 11.1. The number of carbonyl (C=O) groups excluding carboxylic acids is 1. The van der Waals surface area contributed by atoms with E-state index in [0.717, 1.165) is 4.57 Å². The molecule has 1 aromatic carbocycles. The number of carbonyl (C=O) groups is 1. The molecule has 11 heteroatoms. The maximum Gasteiger partial charge on any atom is 0.330 e. The van der Waals surface area contributed by atoms with E-state index in [2.05, 4.69) is 15.3 Å². The summed E-state index contributed by atoms with van der Waals surface area (Å²) in [5.41, 5.74) is 1.50. The van der Waals surface area contributed by atoms with Crippen LogP contribution in [-0.4, -0.2) is 38.1 Å². The number of hydrogen-bond donors (Lipinski definition) is 1. The minimum Gasteiger partial charge on any atom is -0.370 e. The van der Waals surface area contributed by atoms with Crippen LogP contribution in [0.2, 0.25) is 0 Å². The molecule has 9 nitrogen and oxygen atoms in total. The van der Waals surface area contributed by atoms with Crippen molar-refractivity contribution < 1.29 is 9.18 Å². The van der Waals surface area contributed by atoms with Gasteiger partial charge in [-0.1, -0.05) is 6.07 Å². The average Bonchev–Trinajstić information content (AvgIpc) is 3.31. The molecule has 35 heavy (non-hydrogen) atoms. The Balaban J connectivity index is 1.55. The Hall–Kier alpha value is -3.86. The summed E-state index contributed by atoms with van der Waals surface area (Å²) >= 11 is 1.22. The smallest absolute Gasteiger partial charge is 0.330 e. The molecule has 0 unspecified atom stereocenters. The van der Waals surface area contributed by atoms with Gasteiger partial charge in [0.2, 0.25) is 5.91 Å². The molecule has 1 N–H and O–H groups in total. The standard InChI is InChI=1S/C24H25FN6O3S/c1-5-31(6-2)18-8-7-14(9-16(18)25)17-13-35-23(27-17)28-20(32)10-15-11-26-12-19-21(15)22(33)30(4)24(34)29(19)3/h7-9,11-13H,5-6,10H2,1-4H3,(H,27,28,32). The van der Waals surface area contributed by atoms with Crippen LogP contribution < -0.4 is 21.5 Å². The fourth-order valence-electron chi connectivity index (χ4n) is 4.00. The third-order valence-corrected chi connectivity index (χ3v) is 6.67. The first kappa shape index (κ1) is 24.3. The van der Waals surface area contributed by atoms with Gasteiger partial charge in [-0.15, -0.1) is 11.3 Å². The second-order valence-corrected chi connectivity index (χ2v) is 8.86. The lowest BCUT2D eigenvalue weighted by Gasteiger charge is -2.21. The van der Waals surface area contributed by atoms with Crippen LogP contribution in [0.4, 0.5) is 15.2 Å². The van der Waals surface area contributed by atoms with Crippen LogP contribution in [0.15, 0.2) is 45.6 Å². The molecule has 3 aromatic heterocycles. The number of thiazole rings is 1. The number of fused-ring (bicyclic) bond motifs is 1. The molecule has 0 bridgehead atoms. The van der Waals surface area contributed by atoms with E-state index in [1.54, 1.807) is 24.6 Å². The summed E-state index contributed by atoms with van der Waals surface area (Å²) < 4.78 is 17.0. The second kappa shape index (κ2) is 9.79. The molecule has 0 aliphatic rings. The lowest BCUT2D eigenvalue weighted by Crippen LogP contribution is -2.37. The third kappa shape index (κ3) is 4.59. The minimum absolute atomic E-state index is 0.125. The Morgan fingerprint density at radius 3 is 2.57 bits per heavy atom. The fraction of sp³-hybridized carbons (Fsp3) is 0.292. The number of rotatable bonds is 7. The quantitative estimate of drug-likeness (QED) is 0.422. The van der Waals surface area contributed by atoms with Crippen molar-refractivity contribution in [3.8, 4) is 11.3 Å². The van der Waals surface area contributed by atoms with Gasteiger partial charge in [0.1, 0.15) is 5.82 Å². The highest BCUT2D eigenvalue weighted by atomic mass is 32.1. The highest BCUT2D eigenvalue weighted by Crippen LogP contribution is 2.29. The summed E-state index contributed by atoms with van der Waals surface area (Å²) in [5, 5.41) is 5.09. The summed E-state index contributed by atoms with van der Waals surface area (Å²) in [4.78, 5) is 48.1. The Kier molecular flexibility index (Phi) is 6.79. The van der Waals surface area contributed by atoms with Gasteiger partial charge in [0.25, 0.3) is 5.56 Å². The van der Waals surface area contributed by atoms with E-state index >= 15 is 0 Å². The zero-order valence-electron chi connectivity index (χ0n) is 19.8. The van der Waals surface area contributed by atoms with E-state index in [1.807, 2.05) is 18.7 Å². The summed E-state index contributed by atoms with van der Waals surface area (Å²) in [6.45, 7) is 5.35. The fourth-order valence-corrected chi connectivity index (χ4v) is 4.73. The number of anilines is 2. The molecule has 0 aliphatic heterocycles. The van der Waals surface area contributed by atoms with Crippen molar-refractivity contribution in [2.24, 2.45) is 14.1 Å². The summed E-state index contributed by atoms with van der Waals surface area (Å²) in [6, 6.07) is 4.98. The first-order chi connectivity index (χ1) is 16.7. The van der Waals surface area contributed by atoms with Crippen LogP contribution in [0, 0.1) is 5.82 Å². The van der Waals surface area contributed by atoms with Gasteiger partial charge < -0.3 is 10.2 Å². The maximum atomic E-state index is 14.7. The molecular formula is C24H25FN6O3S. The number of pyridine rings is 1. The Labute approximate surface area is 204 Å². The molecule has 0 spiro atoms. The summed E-state index contributed by atoms with van der Waals surface area (Å²) in [6.07, 6.45) is 2.75. The van der Waals surface area contributed by atoms with E-state index in [0.29, 0.717) is 46.2 Å². The molecule has 4 aromatic rings. The van der Waals surface area contributed by atoms with E-state index < -0.39 is 11.2 Å². The molecule has 4 rings (SSSR count). The molecule has 182 valence electrons. The van der Waals surface area contributed by atoms with Crippen LogP contribution >= 0.6 is 11.3 Å². The normalized spacial score (nSPS) is 11.1. The van der Waals surface area contributed by atoms with Gasteiger partial charge in [-0.2, -0.15) is 0 Å². The Morgan fingerprint density at radius 2 is 1.89 bits per heavy atom. The second-order valence-electron chi connectivity index (χ2n) is 8.00. The third-order valence-electron chi connectivity index (χ3n) is 5.91. The van der Waals surface area contributed by atoms with Crippen LogP contribution in [0.3, 0.4) is 0 Å². The number of nitrogens with zero attached hydrogens (tertiary/aromatic N) is 5. The van der Waals surface area contributed by atoms with Gasteiger partial charge in [-0.25, -0.2) is 14.2 Å². The van der Waals surface area contributed by atoms with Crippen molar-refractivity contribution in [1.29, 1.82) is 0 Å². The zero-order valence-corrected chi connectivity index (χ0v) is 20.6. The molecule has 0 fully saturated rings. The number of benzene rings is 1. The molecular weight excluding hydrogens is 471 g/mol. The van der Waals surface area contributed by atoms with Gasteiger partial charge in [0, 0.05) is 44.3 Å². The number of hydrogen-bond acceptors (Lipinski definition) is 7. The van der Waals surface area contributed by atoms with Crippen LogP contribution in [0.5, 0.6) is 0 Å². The monoisotopic (exact) mass is 496 g/mol. The predicted molar refractivity (Wildman–Crippen MR) is 136 cm³/mol. The number of aromatic nitrogens is 4. The van der Waals surface area contributed by atoms with Crippen molar-refractivity contribution in [1.82, 2.24) is 19.1 Å². The number of amides is 1. The number of aryl methyl sites for hydroxylation is 1. The van der Waals surface area contributed by atoms with Crippen LogP contribution in [-0.2, 0) is 25.3 Å². The largest absolute Gasteiger partial charge is 0.370 e. The van der Waals surface area contributed by atoms with E-state index in [4.69, 9.17) is 0 Å². The van der Waals surface area contributed by atoms with Crippen molar-refractivity contribution in [3.05, 3.63) is 68.2 Å². The van der Waals surface area contributed by atoms with Crippen molar-refractivity contribution in [2.45, 2.75) is 20.3 Å². The Bertz CT molecular complexity index is 1540. The molecule has 0 aliphatic carbocycles. The van der Waals surface area contributed by atoms with Crippen molar-refractivity contribution in [2.75, 3.05) is 23.3 Å². The molecule has 3 heterocycles. The summed E-state index contributed by atoms with van der Waals surface area (Å²) in [5.74, 6) is -0.719. The van der Waals surface area contributed by atoms with Crippen molar-refractivity contribution in [3.63, 3.8) is 0 Å². The predicted octanol–water partition coefficient (Wildman–Crippen LogP) is 2.92. The molecule has 0 saturated heterocycles. The van der Waals surface area contributed by atoms with Gasteiger partial charge in [0.15, 0.2) is 5.13 Å². The van der Waals surface area contributed by atoms with Crippen LogP contribution in [0.25, 0.3) is 22.2 Å². The summed E-state index contributed by atoms with van der Waals surface area (Å²) in [7, 11) is 2.94. The molecule has 0 saturated carbocycles. The van der Waals surface area contributed by atoms with E-state index in [9.17, 15) is 18.8 Å². The van der Waals surface area contributed by atoms with E-state index in [-0.39, 0.29) is 23.5 Å². The highest BCUT2D eigenvalue weighted by Gasteiger charge is 2.17. The Morgan fingerprint density at radius 1 is 1.14 bits per heavy atom. The lowest BCUT2D eigenvalue weighted by atomic mass is 10.1. The SMILES string of the molecule is CCN(CC)c1ccc(-c2csc(NC(=O)Cc3cncc4c3c(=O)n(C)c(=O)n4C)n2)cc1F. The number of nitrogens with one attached hydrogen (secondary N) is 1. The van der Waals surface area contributed by atoms with Crippen LogP contribution in [0.1, 0.15) is 19.4 Å². The minimum atomic E-state index is -0.486. The number of halogens is 1.